The number of carbonyl (C=O) groups excluding carboxylic acids is 2. The van der Waals surface area contributed by atoms with Gasteiger partial charge in [-0.25, -0.2) is 4.79 Å². The SMILES string of the molecule is Cc1ccccc1C(C)NC(C)C(=O)NC(=O)NC(C)C. The minimum absolute atomic E-state index is 0.00745. The summed E-state index contributed by atoms with van der Waals surface area (Å²) in [5, 5.41) is 8.16. The van der Waals surface area contributed by atoms with Gasteiger partial charge in [0.25, 0.3) is 0 Å². The average molecular weight is 291 g/mol. The minimum atomic E-state index is -0.466. The predicted octanol–water partition coefficient (Wildman–Crippen LogP) is 2.27. The first kappa shape index (κ1) is 17.2. The maximum atomic E-state index is 12.0. The fourth-order valence-corrected chi connectivity index (χ4v) is 2.13. The summed E-state index contributed by atoms with van der Waals surface area (Å²) in [4.78, 5) is 23.5. The molecule has 0 radical (unpaired) electrons. The van der Waals surface area contributed by atoms with E-state index in [1.807, 2.05) is 52.0 Å². The largest absolute Gasteiger partial charge is 0.336 e. The molecule has 0 bridgehead atoms. The Labute approximate surface area is 126 Å². The lowest BCUT2D eigenvalue weighted by atomic mass is 10.0. The van der Waals surface area contributed by atoms with Crippen LogP contribution in [0.5, 0.6) is 0 Å². The summed E-state index contributed by atoms with van der Waals surface area (Å²) in [6, 6.07) is 7.12. The summed E-state index contributed by atoms with van der Waals surface area (Å²) in [5.74, 6) is -0.339. The minimum Gasteiger partial charge on any atom is -0.336 e. The van der Waals surface area contributed by atoms with E-state index in [-0.39, 0.29) is 18.0 Å². The van der Waals surface area contributed by atoms with Gasteiger partial charge in [0.1, 0.15) is 0 Å². The highest BCUT2D eigenvalue weighted by Crippen LogP contribution is 2.17. The van der Waals surface area contributed by atoms with E-state index in [2.05, 4.69) is 16.0 Å². The molecule has 2 unspecified atom stereocenters. The molecule has 0 saturated carbocycles. The van der Waals surface area contributed by atoms with Crippen LogP contribution in [-0.4, -0.2) is 24.0 Å². The van der Waals surface area contributed by atoms with Crippen molar-refractivity contribution in [2.45, 2.75) is 52.7 Å². The third-order valence-electron chi connectivity index (χ3n) is 3.20. The van der Waals surface area contributed by atoms with Gasteiger partial charge in [0.15, 0.2) is 0 Å². The van der Waals surface area contributed by atoms with E-state index >= 15 is 0 Å². The molecule has 0 aromatic heterocycles. The summed E-state index contributed by atoms with van der Waals surface area (Å²) in [5.41, 5.74) is 2.31. The first-order valence-corrected chi connectivity index (χ1v) is 7.24. The lowest BCUT2D eigenvalue weighted by molar-refractivity contribution is -0.121. The zero-order valence-corrected chi connectivity index (χ0v) is 13.4. The molecule has 2 atom stereocenters. The van der Waals surface area contributed by atoms with Gasteiger partial charge in [-0.1, -0.05) is 24.3 Å². The molecular weight excluding hydrogens is 266 g/mol. The number of hydrogen-bond acceptors (Lipinski definition) is 3. The van der Waals surface area contributed by atoms with Gasteiger partial charge in [-0.3, -0.25) is 15.4 Å². The number of rotatable bonds is 5. The zero-order chi connectivity index (χ0) is 16.0. The topological polar surface area (TPSA) is 70.2 Å². The van der Waals surface area contributed by atoms with Crippen molar-refractivity contribution in [3.63, 3.8) is 0 Å². The van der Waals surface area contributed by atoms with Crippen molar-refractivity contribution in [3.05, 3.63) is 35.4 Å². The van der Waals surface area contributed by atoms with Gasteiger partial charge in [-0.05, 0) is 45.7 Å². The number of aryl methyl sites for hydroxylation is 1. The molecule has 1 aromatic rings. The van der Waals surface area contributed by atoms with Crippen LogP contribution in [0.25, 0.3) is 0 Å². The van der Waals surface area contributed by atoms with Gasteiger partial charge in [-0.15, -0.1) is 0 Å². The Morgan fingerprint density at radius 3 is 2.24 bits per heavy atom. The number of urea groups is 1. The van der Waals surface area contributed by atoms with Crippen LogP contribution >= 0.6 is 0 Å². The first-order valence-electron chi connectivity index (χ1n) is 7.24. The van der Waals surface area contributed by atoms with Crippen LogP contribution in [-0.2, 0) is 4.79 Å². The van der Waals surface area contributed by atoms with Gasteiger partial charge in [0, 0.05) is 12.1 Å². The Bertz CT molecular complexity index is 500. The summed E-state index contributed by atoms with van der Waals surface area (Å²) < 4.78 is 0. The van der Waals surface area contributed by atoms with Crippen LogP contribution in [0.4, 0.5) is 4.79 Å². The van der Waals surface area contributed by atoms with Crippen molar-refractivity contribution < 1.29 is 9.59 Å². The van der Waals surface area contributed by atoms with Crippen LogP contribution in [0.2, 0.25) is 0 Å². The summed E-state index contributed by atoms with van der Waals surface area (Å²) in [6.45, 7) is 9.46. The van der Waals surface area contributed by atoms with Crippen LogP contribution < -0.4 is 16.0 Å². The van der Waals surface area contributed by atoms with E-state index in [1.165, 1.54) is 5.56 Å². The Balaban J connectivity index is 2.56. The van der Waals surface area contributed by atoms with Crippen molar-refractivity contribution in [1.82, 2.24) is 16.0 Å². The zero-order valence-electron chi connectivity index (χ0n) is 13.4. The number of nitrogens with one attached hydrogen (secondary N) is 3. The van der Waals surface area contributed by atoms with Gasteiger partial charge >= 0.3 is 6.03 Å². The molecule has 5 nitrogen and oxygen atoms in total. The highest BCUT2D eigenvalue weighted by molar-refractivity contribution is 5.96. The fraction of sp³-hybridized carbons (Fsp3) is 0.500. The Morgan fingerprint density at radius 2 is 1.67 bits per heavy atom. The number of carbonyl (C=O) groups is 2. The molecule has 116 valence electrons. The third-order valence-corrected chi connectivity index (χ3v) is 3.20. The van der Waals surface area contributed by atoms with Gasteiger partial charge in [0.2, 0.25) is 5.91 Å². The van der Waals surface area contributed by atoms with Crippen LogP contribution in [0.15, 0.2) is 24.3 Å². The molecule has 0 heterocycles. The maximum absolute atomic E-state index is 12.0. The van der Waals surface area contributed by atoms with Crippen LogP contribution in [0.3, 0.4) is 0 Å². The van der Waals surface area contributed by atoms with Gasteiger partial charge in [0.05, 0.1) is 6.04 Å². The second-order valence-corrected chi connectivity index (χ2v) is 5.58. The van der Waals surface area contributed by atoms with Crippen LogP contribution in [0.1, 0.15) is 44.9 Å². The summed E-state index contributed by atoms with van der Waals surface area (Å²) >= 11 is 0. The molecule has 1 aromatic carbocycles. The maximum Gasteiger partial charge on any atom is 0.321 e. The van der Waals surface area contributed by atoms with Gasteiger partial charge < -0.3 is 5.32 Å². The van der Waals surface area contributed by atoms with Crippen molar-refractivity contribution in [2.24, 2.45) is 0 Å². The van der Waals surface area contributed by atoms with Crippen molar-refractivity contribution in [3.8, 4) is 0 Å². The van der Waals surface area contributed by atoms with E-state index in [4.69, 9.17) is 0 Å². The third kappa shape index (κ3) is 5.55. The van der Waals surface area contributed by atoms with E-state index in [0.29, 0.717) is 0 Å². The van der Waals surface area contributed by atoms with Gasteiger partial charge in [-0.2, -0.15) is 0 Å². The number of hydrogen-bond donors (Lipinski definition) is 3. The number of imide groups is 1. The van der Waals surface area contributed by atoms with Crippen LogP contribution in [0, 0.1) is 6.92 Å². The molecule has 3 amide bonds. The molecule has 3 N–H and O–H groups in total. The molecule has 0 aliphatic carbocycles. The number of amides is 3. The summed E-state index contributed by atoms with van der Waals surface area (Å²) in [6.07, 6.45) is 0. The molecule has 1 rings (SSSR count). The monoisotopic (exact) mass is 291 g/mol. The molecule has 0 fully saturated rings. The lowest BCUT2D eigenvalue weighted by Crippen LogP contribution is -2.49. The smallest absolute Gasteiger partial charge is 0.321 e. The lowest BCUT2D eigenvalue weighted by Gasteiger charge is -2.21. The standard InChI is InChI=1S/C16H25N3O2/c1-10(2)17-16(21)19-15(20)13(5)18-12(4)14-9-7-6-8-11(14)3/h6-10,12-13,18H,1-5H3,(H2,17,19,20,21). The van der Waals surface area contributed by atoms with E-state index < -0.39 is 12.1 Å². The highest BCUT2D eigenvalue weighted by atomic mass is 16.2. The Kier molecular flexibility index (Phi) is 6.37. The number of benzene rings is 1. The summed E-state index contributed by atoms with van der Waals surface area (Å²) in [7, 11) is 0. The van der Waals surface area contributed by atoms with E-state index in [0.717, 1.165) is 5.56 Å². The second kappa shape index (κ2) is 7.78. The normalized spacial score (nSPS) is 13.6. The molecular formula is C16H25N3O2. The first-order chi connectivity index (χ1) is 9.81. The fourth-order valence-electron chi connectivity index (χ4n) is 2.13. The van der Waals surface area contributed by atoms with E-state index in [9.17, 15) is 9.59 Å². The second-order valence-electron chi connectivity index (χ2n) is 5.58. The molecule has 0 spiro atoms. The Hall–Kier alpha value is -1.88. The quantitative estimate of drug-likeness (QED) is 0.779. The molecule has 0 aliphatic rings. The molecule has 21 heavy (non-hydrogen) atoms. The van der Waals surface area contributed by atoms with E-state index in [1.54, 1.807) is 6.92 Å². The van der Waals surface area contributed by atoms with Crippen molar-refractivity contribution >= 4 is 11.9 Å². The molecule has 0 saturated heterocycles. The molecule has 5 heteroatoms. The predicted molar refractivity (Wildman–Crippen MR) is 84.0 cm³/mol. The molecule has 0 aliphatic heterocycles. The Morgan fingerprint density at radius 1 is 1.05 bits per heavy atom. The highest BCUT2D eigenvalue weighted by Gasteiger charge is 2.19. The van der Waals surface area contributed by atoms with Crippen molar-refractivity contribution in [2.75, 3.05) is 0 Å². The van der Waals surface area contributed by atoms with Crippen molar-refractivity contribution in [1.29, 1.82) is 0 Å². The average Bonchev–Trinajstić information content (AvgIpc) is 2.37.